The zero-order valence-corrected chi connectivity index (χ0v) is 9.25. The number of hydrogen-bond donors (Lipinski definition) is 1. The minimum absolute atomic E-state index is 0.444. The molecule has 0 atom stereocenters. The highest BCUT2D eigenvalue weighted by atomic mass is 16.3. The maximum Gasteiger partial charge on any atom is 0.120 e. The van der Waals surface area contributed by atoms with Gasteiger partial charge in [-0.05, 0) is 25.1 Å². The van der Waals surface area contributed by atoms with Crippen LogP contribution in [0.3, 0.4) is 0 Å². The molecule has 0 unspecified atom stereocenters. The van der Waals surface area contributed by atoms with Gasteiger partial charge in [0.15, 0.2) is 0 Å². The number of nitrogens with zero attached hydrogens (tertiary/aromatic N) is 1. The van der Waals surface area contributed by atoms with E-state index < -0.39 is 0 Å². The smallest absolute Gasteiger partial charge is 0.120 e. The van der Waals surface area contributed by atoms with Gasteiger partial charge in [0, 0.05) is 18.7 Å². The summed E-state index contributed by atoms with van der Waals surface area (Å²) in [5.74, 6) is 0.444. The normalized spacial score (nSPS) is 15.4. The van der Waals surface area contributed by atoms with Crippen LogP contribution in [-0.4, -0.2) is 23.6 Å². The van der Waals surface area contributed by atoms with Crippen molar-refractivity contribution in [1.82, 2.24) is 4.90 Å². The highest BCUT2D eigenvalue weighted by Gasteiger charge is 2.15. The number of rotatable bonds is 0. The van der Waals surface area contributed by atoms with Crippen molar-refractivity contribution >= 4 is 0 Å². The van der Waals surface area contributed by atoms with Gasteiger partial charge in [-0.1, -0.05) is 26.0 Å². The summed E-state index contributed by atoms with van der Waals surface area (Å²) in [7, 11) is 2.08. The van der Waals surface area contributed by atoms with Crippen LogP contribution >= 0.6 is 0 Å². The fourth-order valence-electron chi connectivity index (χ4n) is 1.70. The molecule has 1 aromatic carbocycles. The van der Waals surface area contributed by atoms with Gasteiger partial charge in [-0.2, -0.15) is 0 Å². The molecule has 0 aromatic heterocycles. The number of fused-ring (bicyclic) bond motifs is 1. The van der Waals surface area contributed by atoms with Crippen LogP contribution in [-0.2, 0) is 13.0 Å². The summed E-state index contributed by atoms with van der Waals surface area (Å²) in [4.78, 5) is 2.22. The van der Waals surface area contributed by atoms with Crippen LogP contribution in [0.2, 0.25) is 0 Å². The second-order valence-corrected chi connectivity index (χ2v) is 3.40. The lowest BCUT2D eigenvalue weighted by Gasteiger charge is -2.25. The van der Waals surface area contributed by atoms with Crippen molar-refractivity contribution in [3.63, 3.8) is 0 Å². The van der Waals surface area contributed by atoms with Gasteiger partial charge in [0.2, 0.25) is 0 Å². The molecule has 0 aliphatic carbocycles. The first-order valence-corrected chi connectivity index (χ1v) is 5.25. The summed E-state index contributed by atoms with van der Waals surface area (Å²) < 4.78 is 0. The van der Waals surface area contributed by atoms with Crippen LogP contribution < -0.4 is 0 Å². The van der Waals surface area contributed by atoms with Gasteiger partial charge in [-0.15, -0.1) is 0 Å². The van der Waals surface area contributed by atoms with E-state index in [1.807, 2.05) is 19.9 Å². The molecule has 1 aromatic rings. The van der Waals surface area contributed by atoms with Gasteiger partial charge in [0.25, 0.3) is 0 Å². The summed E-state index contributed by atoms with van der Waals surface area (Å²) >= 11 is 0. The van der Waals surface area contributed by atoms with E-state index in [-0.39, 0.29) is 0 Å². The molecule has 0 amide bonds. The zero-order chi connectivity index (χ0) is 10.6. The molecule has 2 nitrogen and oxygen atoms in total. The molecule has 0 fully saturated rings. The number of phenols is 1. The van der Waals surface area contributed by atoms with Crippen LogP contribution in [0.15, 0.2) is 18.2 Å². The fraction of sp³-hybridized carbons (Fsp3) is 0.500. The Morgan fingerprint density at radius 1 is 1.29 bits per heavy atom. The topological polar surface area (TPSA) is 23.5 Å². The van der Waals surface area contributed by atoms with E-state index in [1.54, 1.807) is 6.07 Å². The van der Waals surface area contributed by atoms with Crippen molar-refractivity contribution in [2.75, 3.05) is 13.6 Å². The Hall–Kier alpha value is -1.02. The minimum Gasteiger partial charge on any atom is -0.508 e. The first kappa shape index (κ1) is 11.1. The lowest BCUT2D eigenvalue weighted by atomic mass is 9.99. The average Bonchev–Trinajstić information content (AvgIpc) is 2.22. The Labute approximate surface area is 86.2 Å². The summed E-state index contributed by atoms with van der Waals surface area (Å²) in [5, 5.41) is 9.55. The van der Waals surface area contributed by atoms with Gasteiger partial charge in [-0.3, -0.25) is 0 Å². The van der Waals surface area contributed by atoms with E-state index in [9.17, 15) is 5.11 Å². The van der Waals surface area contributed by atoms with E-state index in [4.69, 9.17) is 0 Å². The highest BCUT2D eigenvalue weighted by Crippen LogP contribution is 2.25. The molecular formula is C12H19NO. The first-order chi connectivity index (χ1) is 6.77. The van der Waals surface area contributed by atoms with Crippen molar-refractivity contribution in [3.05, 3.63) is 29.3 Å². The summed E-state index contributed by atoms with van der Waals surface area (Å²) in [6.45, 7) is 5.97. The molecule has 0 spiro atoms. The van der Waals surface area contributed by atoms with Crippen LogP contribution in [0.25, 0.3) is 0 Å². The highest BCUT2D eigenvalue weighted by molar-refractivity contribution is 5.40. The molecule has 0 bridgehead atoms. The number of benzene rings is 1. The van der Waals surface area contributed by atoms with Gasteiger partial charge in [-0.25, -0.2) is 0 Å². The van der Waals surface area contributed by atoms with Crippen LogP contribution in [0.5, 0.6) is 5.75 Å². The maximum atomic E-state index is 9.55. The Morgan fingerprint density at radius 2 is 2.00 bits per heavy atom. The van der Waals surface area contributed by atoms with Gasteiger partial charge < -0.3 is 10.0 Å². The number of phenolic OH excluding ortho intramolecular Hbond substituents is 1. The maximum absolute atomic E-state index is 9.55. The summed E-state index contributed by atoms with van der Waals surface area (Å²) in [6, 6.07) is 5.78. The number of likely N-dealkylation sites (N-methyl/N-ethyl adjacent to an activating group) is 1. The average molecular weight is 193 g/mol. The lowest BCUT2D eigenvalue weighted by Crippen LogP contribution is -2.26. The quantitative estimate of drug-likeness (QED) is 0.684. The van der Waals surface area contributed by atoms with Crippen molar-refractivity contribution in [2.45, 2.75) is 26.8 Å². The van der Waals surface area contributed by atoms with Crippen molar-refractivity contribution < 1.29 is 5.11 Å². The predicted octanol–water partition coefficient (Wildman–Crippen LogP) is 2.41. The monoisotopic (exact) mass is 193 g/mol. The van der Waals surface area contributed by atoms with E-state index in [0.717, 1.165) is 25.1 Å². The molecule has 1 aliphatic heterocycles. The van der Waals surface area contributed by atoms with Crippen molar-refractivity contribution in [1.29, 1.82) is 0 Å². The second kappa shape index (κ2) is 5.01. The third-order valence-corrected chi connectivity index (χ3v) is 2.44. The first-order valence-electron chi connectivity index (χ1n) is 5.25. The number of hydrogen-bond acceptors (Lipinski definition) is 2. The Balaban J connectivity index is 0.000000461. The Morgan fingerprint density at radius 3 is 2.71 bits per heavy atom. The fourth-order valence-corrected chi connectivity index (χ4v) is 1.70. The molecule has 1 aliphatic rings. The molecule has 1 heterocycles. The largest absolute Gasteiger partial charge is 0.508 e. The molecule has 0 radical (unpaired) electrons. The van der Waals surface area contributed by atoms with Gasteiger partial charge in [0.1, 0.15) is 5.75 Å². The van der Waals surface area contributed by atoms with Crippen LogP contribution in [0, 0.1) is 0 Å². The zero-order valence-electron chi connectivity index (χ0n) is 9.25. The minimum atomic E-state index is 0.444. The molecule has 78 valence electrons. The second-order valence-electron chi connectivity index (χ2n) is 3.40. The SMILES string of the molecule is CC.CN1CCc2cccc(O)c2C1. The molecule has 0 saturated carbocycles. The molecule has 2 rings (SSSR count). The van der Waals surface area contributed by atoms with E-state index in [0.29, 0.717) is 5.75 Å². The predicted molar refractivity (Wildman–Crippen MR) is 59.5 cm³/mol. The molecular weight excluding hydrogens is 174 g/mol. The molecule has 0 saturated heterocycles. The van der Waals surface area contributed by atoms with Crippen molar-refractivity contribution in [3.8, 4) is 5.75 Å². The molecule has 1 N–H and O–H groups in total. The van der Waals surface area contributed by atoms with Crippen LogP contribution in [0.4, 0.5) is 0 Å². The van der Waals surface area contributed by atoms with Gasteiger partial charge >= 0.3 is 0 Å². The number of aromatic hydroxyl groups is 1. The van der Waals surface area contributed by atoms with Crippen LogP contribution in [0.1, 0.15) is 25.0 Å². The molecule has 14 heavy (non-hydrogen) atoms. The third kappa shape index (κ3) is 2.26. The third-order valence-electron chi connectivity index (χ3n) is 2.44. The Kier molecular flexibility index (Phi) is 3.96. The summed E-state index contributed by atoms with van der Waals surface area (Å²) in [5.41, 5.74) is 2.40. The van der Waals surface area contributed by atoms with E-state index >= 15 is 0 Å². The van der Waals surface area contributed by atoms with Gasteiger partial charge in [0.05, 0.1) is 0 Å². The Bertz CT molecular complexity index is 296. The van der Waals surface area contributed by atoms with E-state index in [1.165, 1.54) is 5.56 Å². The van der Waals surface area contributed by atoms with Crippen molar-refractivity contribution in [2.24, 2.45) is 0 Å². The molecule has 2 heteroatoms. The lowest BCUT2D eigenvalue weighted by molar-refractivity contribution is 0.305. The standard InChI is InChI=1S/C10H13NO.C2H6/c1-11-6-5-8-3-2-4-10(12)9(8)7-11;1-2/h2-4,12H,5-7H2,1H3;1-2H3. The van der Waals surface area contributed by atoms with E-state index in [2.05, 4.69) is 18.0 Å². The summed E-state index contributed by atoms with van der Waals surface area (Å²) in [6.07, 6.45) is 1.06.